The quantitative estimate of drug-likeness (QED) is 0.234. The van der Waals surface area contributed by atoms with E-state index in [1.54, 1.807) is 30.3 Å². The summed E-state index contributed by atoms with van der Waals surface area (Å²) in [5, 5.41) is 4.68. The van der Waals surface area contributed by atoms with Gasteiger partial charge in [0.15, 0.2) is 5.75 Å². The number of hydrogen-bond acceptors (Lipinski definition) is 7. The highest BCUT2D eigenvalue weighted by Crippen LogP contribution is 2.30. The lowest BCUT2D eigenvalue weighted by atomic mass is 10.1. The summed E-state index contributed by atoms with van der Waals surface area (Å²) < 4.78 is 73.8. The Labute approximate surface area is 205 Å². The zero-order chi connectivity index (χ0) is 26.3. The van der Waals surface area contributed by atoms with Crippen LogP contribution in [0.25, 0.3) is 0 Å². The summed E-state index contributed by atoms with van der Waals surface area (Å²) in [7, 11) is -1.72. The van der Waals surface area contributed by atoms with Crippen molar-refractivity contribution in [3.8, 4) is 11.5 Å². The Bertz CT molecular complexity index is 1340. The molecule has 0 aliphatic heterocycles. The van der Waals surface area contributed by atoms with E-state index in [1.807, 2.05) is 0 Å². The number of carbonyl (C=O) groups is 1. The summed E-state index contributed by atoms with van der Waals surface area (Å²) >= 11 is 0. The van der Waals surface area contributed by atoms with Gasteiger partial charge in [-0.2, -0.15) is 26.7 Å². The Balaban J connectivity index is 1.77. The second-order valence-electron chi connectivity index (χ2n) is 7.22. The first kappa shape index (κ1) is 26.7. The first-order valence-electron chi connectivity index (χ1n) is 10.3. The van der Waals surface area contributed by atoms with Gasteiger partial charge in [-0.1, -0.05) is 24.3 Å². The van der Waals surface area contributed by atoms with Gasteiger partial charge in [-0.15, -0.1) is 5.17 Å². The van der Waals surface area contributed by atoms with Gasteiger partial charge in [-0.3, -0.25) is 9.63 Å². The number of carbonyl (C=O) groups excluding carboxylic acids is 1. The molecule has 12 heteroatoms. The maximum Gasteiger partial charge on any atom is 0.416 e. The molecule has 3 aromatic rings. The summed E-state index contributed by atoms with van der Waals surface area (Å²) in [6.07, 6.45) is -3.50. The largest absolute Gasteiger partial charge is 0.497 e. The van der Waals surface area contributed by atoms with Crippen molar-refractivity contribution in [2.45, 2.75) is 17.5 Å². The first-order chi connectivity index (χ1) is 17.0. The summed E-state index contributed by atoms with van der Waals surface area (Å²) in [5.41, 5.74) is -0.167. The zero-order valence-corrected chi connectivity index (χ0v) is 19.9. The molecule has 0 spiro atoms. The monoisotopic (exact) mass is 522 g/mol. The standard InChI is InChI=1S/C24H21F3N2O6S/c1-33-20-8-5-6-17(14-20)15-23(30)29(34-2)28-16-18-7-3-4-9-22(18)35-36(31,32)21-12-10-19(11-13-21)24(25,26)27/h3-14,16H,15H2,1-2H3/b28-16+. The van der Waals surface area contributed by atoms with Crippen LogP contribution in [0.1, 0.15) is 16.7 Å². The van der Waals surface area contributed by atoms with E-state index in [-0.39, 0.29) is 17.7 Å². The van der Waals surface area contributed by atoms with Gasteiger partial charge >= 0.3 is 16.3 Å². The van der Waals surface area contributed by atoms with E-state index in [0.29, 0.717) is 23.4 Å². The summed E-state index contributed by atoms with van der Waals surface area (Å²) in [6, 6.07) is 15.7. The molecule has 0 saturated carbocycles. The predicted octanol–water partition coefficient (Wildman–Crippen LogP) is 4.45. The minimum Gasteiger partial charge on any atom is -0.497 e. The number of benzene rings is 3. The van der Waals surface area contributed by atoms with Crippen LogP contribution in [0.5, 0.6) is 11.5 Å². The van der Waals surface area contributed by atoms with Crippen molar-refractivity contribution in [2.75, 3.05) is 14.2 Å². The molecule has 0 fully saturated rings. The highest BCUT2D eigenvalue weighted by Gasteiger charge is 2.31. The van der Waals surface area contributed by atoms with Gasteiger partial charge in [-0.25, -0.2) is 0 Å². The van der Waals surface area contributed by atoms with E-state index in [1.165, 1.54) is 32.4 Å². The molecule has 0 atom stereocenters. The van der Waals surface area contributed by atoms with E-state index in [0.717, 1.165) is 23.5 Å². The average Bonchev–Trinajstić information content (AvgIpc) is 2.85. The number of halogens is 3. The molecule has 3 aromatic carbocycles. The van der Waals surface area contributed by atoms with Crippen LogP contribution in [0.2, 0.25) is 0 Å². The predicted molar refractivity (Wildman–Crippen MR) is 124 cm³/mol. The Morgan fingerprint density at radius 3 is 2.33 bits per heavy atom. The Kier molecular flexibility index (Phi) is 8.33. The van der Waals surface area contributed by atoms with Crippen LogP contribution in [0.15, 0.2) is 82.8 Å². The molecule has 1 amide bonds. The number of alkyl halides is 3. The molecule has 0 N–H and O–H groups in total. The maximum atomic E-state index is 12.8. The van der Waals surface area contributed by atoms with E-state index in [9.17, 15) is 26.4 Å². The molecule has 0 aliphatic rings. The van der Waals surface area contributed by atoms with E-state index < -0.39 is 32.7 Å². The van der Waals surface area contributed by atoms with Gasteiger partial charge < -0.3 is 8.92 Å². The van der Waals surface area contributed by atoms with E-state index in [2.05, 4.69) is 5.10 Å². The molecule has 190 valence electrons. The number of amides is 1. The molecule has 8 nitrogen and oxygen atoms in total. The average molecular weight is 523 g/mol. The lowest BCUT2D eigenvalue weighted by molar-refractivity contribution is -0.175. The molecule has 0 heterocycles. The van der Waals surface area contributed by atoms with Crippen LogP contribution in [-0.2, 0) is 32.3 Å². The smallest absolute Gasteiger partial charge is 0.416 e. The highest BCUT2D eigenvalue weighted by atomic mass is 32.2. The van der Waals surface area contributed by atoms with Crippen molar-refractivity contribution in [2.24, 2.45) is 5.10 Å². The summed E-state index contributed by atoms with van der Waals surface area (Å²) in [6.45, 7) is 0. The van der Waals surface area contributed by atoms with Gasteiger partial charge in [-0.05, 0) is 54.1 Å². The van der Waals surface area contributed by atoms with Gasteiger partial charge in [0, 0.05) is 5.56 Å². The SMILES string of the molecule is COc1cccc(CC(=O)N(/N=C/c2ccccc2OS(=O)(=O)c2ccc(C(F)(F)F)cc2)OC)c1. The highest BCUT2D eigenvalue weighted by molar-refractivity contribution is 7.87. The number of para-hydroxylation sites is 1. The summed E-state index contributed by atoms with van der Waals surface area (Å²) in [5.74, 6) is -0.0941. The van der Waals surface area contributed by atoms with Gasteiger partial charge in [0.2, 0.25) is 0 Å². The number of rotatable bonds is 9. The fourth-order valence-electron chi connectivity index (χ4n) is 2.99. The van der Waals surface area contributed by atoms with Crippen LogP contribution in [0, 0.1) is 0 Å². The molecule has 0 radical (unpaired) electrons. The molecule has 0 aromatic heterocycles. The Hall–Kier alpha value is -3.90. The lowest BCUT2D eigenvalue weighted by Crippen LogP contribution is -2.26. The van der Waals surface area contributed by atoms with Crippen molar-refractivity contribution in [1.82, 2.24) is 5.17 Å². The van der Waals surface area contributed by atoms with E-state index >= 15 is 0 Å². The second-order valence-corrected chi connectivity index (χ2v) is 8.77. The third-order valence-electron chi connectivity index (χ3n) is 4.77. The molecular weight excluding hydrogens is 501 g/mol. The van der Waals surface area contributed by atoms with Crippen LogP contribution >= 0.6 is 0 Å². The topological polar surface area (TPSA) is 94.5 Å². The fourth-order valence-corrected chi connectivity index (χ4v) is 3.95. The molecule has 36 heavy (non-hydrogen) atoms. The summed E-state index contributed by atoms with van der Waals surface area (Å²) in [4.78, 5) is 17.2. The number of nitrogens with zero attached hydrogens (tertiary/aromatic N) is 2. The molecule has 0 unspecified atom stereocenters. The minimum atomic E-state index is -4.61. The molecule has 0 bridgehead atoms. The van der Waals surface area contributed by atoms with Crippen molar-refractivity contribution in [1.29, 1.82) is 0 Å². The van der Waals surface area contributed by atoms with Crippen LogP contribution < -0.4 is 8.92 Å². The normalized spacial score (nSPS) is 11.9. The minimum absolute atomic E-state index is 0.0528. The number of hydrazone groups is 1. The maximum absolute atomic E-state index is 12.8. The van der Waals surface area contributed by atoms with Crippen molar-refractivity contribution >= 4 is 22.2 Å². The van der Waals surface area contributed by atoms with Crippen LogP contribution in [0.4, 0.5) is 13.2 Å². The van der Waals surface area contributed by atoms with E-state index in [4.69, 9.17) is 13.8 Å². The van der Waals surface area contributed by atoms with Crippen molar-refractivity contribution in [3.05, 3.63) is 89.5 Å². The number of ether oxygens (including phenoxy) is 1. The molecule has 0 saturated heterocycles. The third-order valence-corrected chi connectivity index (χ3v) is 6.01. The molecule has 0 aliphatic carbocycles. The van der Waals surface area contributed by atoms with Crippen molar-refractivity contribution in [3.63, 3.8) is 0 Å². The Morgan fingerprint density at radius 2 is 1.69 bits per heavy atom. The van der Waals surface area contributed by atoms with Crippen molar-refractivity contribution < 1.29 is 40.1 Å². The Morgan fingerprint density at radius 1 is 1.00 bits per heavy atom. The zero-order valence-electron chi connectivity index (χ0n) is 19.1. The van der Waals surface area contributed by atoms with Crippen LogP contribution in [-0.4, -0.2) is 39.9 Å². The molecule has 3 rings (SSSR count). The van der Waals surface area contributed by atoms with Gasteiger partial charge in [0.05, 0.1) is 32.4 Å². The van der Waals surface area contributed by atoms with Gasteiger partial charge in [0.25, 0.3) is 5.91 Å². The first-order valence-corrected chi connectivity index (χ1v) is 11.7. The lowest BCUT2D eigenvalue weighted by Gasteiger charge is -2.14. The molecular formula is C24H21F3N2O6S. The number of hydroxylamine groups is 1. The second kappa shape index (κ2) is 11.2. The van der Waals surface area contributed by atoms with Gasteiger partial charge in [0.1, 0.15) is 10.6 Å². The van der Waals surface area contributed by atoms with Crippen LogP contribution in [0.3, 0.4) is 0 Å². The number of methoxy groups -OCH3 is 1. The fraction of sp³-hybridized carbons (Fsp3) is 0.167. The third kappa shape index (κ3) is 6.83. The number of hydrogen-bond donors (Lipinski definition) is 0.